The number of rotatable bonds is 0. The quantitative estimate of drug-likeness (QED) is 0.723. The van der Waals surface area contributed by atoms with Crippen molar-refractivity contribution in [3.63, 3.8) is 0 Å². The molecule has 2 aliphatic heterocycles. The lowest BCUT2D eigenvalue weighted by Crippen LogP contribution is -2.40. The fraction of sp³-hybridized carbons (Fsp3) is 0.765. The molecule has 2 aliphatic rings. The molecule has 1 atom stereocenters. The van der Waals surface area contributed by atoms with Crippen LogP contribution in [0.15, 0.2) is 0 Å². The summed E-state index contributed by atoms with van der Waals surface area (Å²) >= 11 is 0. The molecule has 3 rings (SSSR count). The van der Waals surface area contributed by atoms with Gasteiger partial charge in [0.25, 0.3) is 5.92 Å². The lowest BCUT2D eigenvalue weighted by Gasteiger charge is -2.30. The number of carbonyl (C=O) groups excluding carboxylic acids is 1. The fourth-order valence-corrected chi connectivity index (χ4v) is 3.38. The first-order valence-electron chi connectivity index (χ1n) is 8.51. The molecular formula is C17H25F2N3O2. The number of fused-ring (bicyclic) bond motifs is 3. The summed E-state index contributed by atoms with van der Waals surface area (Å²) in [5.41, 5.74) is 0.590. The van der Waals surface area contributed by atoms with E-state index in [0.717, 1.165) is 0 Å². The van der Waals surface area contributed by atoms with Crippen molar-refractivity contribution in [1.29, 1.82) is 0 Å². The molecule has 1 aromatic rings. The Morgan fingerprint density at radius 2 is 2.08 bits per heavy atom. The fourth-order valence-electron chi connectivity index (χ4n) is 3.38. The Morgan fingerprint density at radius 1 is 1.38 bits per heavy atom. The van der Waals surface area contributed by atoms with E-state index in [1.54, 1.807) is 20.8 Å². The van der Waals surface area contributed by atoms with Crippen molar-refractivity contribution >= 4 is 6.09 Å². The molecule has 0 aromatic carbocycles. The molecule has 0 fully saturated rings. The predicted molar refractivity (Wildman–Crippen MR) is 84.9 cm³/mol. The number of nitrogens with zero attached hydrogens (tertiary/aromatic N) is 3. The van der Waals surface area contributed by atoms with Gasteiger partial charge >= 0.3 is 6.09 Å². The lowest BCUT2D eigenvalue weighted by molar-refractivity contribution is -0.0223. The van der Waals surface area contributed by atoms with Crippen LogP contribution in [0.4, 0.5) is 13.6 Å². The van der Waals surface area contributed by atoms with Crippen LogP contribution in [0.5, 0.6) is 0 Å². The molecule has 3 heterocycles. The van der Waals surface area contributed by atoms with Gasteiger partial charge in [0.2, 0.25) is 0 Å². The molecule has 1 aromatic heterocycles. The molecular weight excluding hydrogens is 316 g/mol. The molecule has 7 heteroatoms. The van der Waals surface area contributed by atoms with E-state index in [2.05, 4.69) is 5.10 Å². The van der Waals surface area contributed by atoms with Gasteiger partial charge in [-0.3, -0.25) is 4.68 Å². The highest BCUT2D eigenvalue weighted by Crippen LogP contribution is 2.41. The first-order chi connectivity index (χ1) is 11.1. The zero-order valence-corrected chi connectivity index (χ0v) is 14.7. The SMILES string of the molecule is C[C@@H]1CCC(F)(F)c2c3c(nn2C1)CCN(C(=O)OC(C)(C)C)C3. The topological polar surface area (TPSA) is 47.4 Å². The second kappa shape index (κ2) is 5.70. The number of hydrogen-bond acceptors (Lipinski definition) is 3. The highest BCUT2D eigenvalue weighted by Gasteiger charge is 2.43. The van der Waals surface area contributed by atoms with Crippen molar-refractivity contribution in [3.8, 4) is 0 Å². The Morgan fingerprint density at radius 3 is 2.75 bits per heavy atom. The average Bonchev–Trinajstić information content (AvgIpc) is 2.75. The van der Waals surface area contributed by atoms with Crippen LogP contribution in [0.1, 0.15) is 57.5 Å². The number of carbonyl (C=O) groups is 1. The van der Waals surface area contributed by atoms with Gasteiger partial charge in [-0.1, -0.05) is 6.92 Å². The van der Waals surface area contributed by atoms with Gasteiger partial charge in [0, 0.05) is 31.5 Å². The van der Waals surface area contributed by atoms with E-state index in [4.69, 9.17) is 4.74 Å². The van der Waals surface area contributed by atoms with E-state index in [-0.39, 0.29) is 24.6 Å². The first kappa shape index (κ1) is 17.2. The molecule has 0 aliphatic carbocycles. The summed E-state index contributed by atoms with van der Waals surface area (Å²) in [6, 6.07) is 0. The van der Waals surface area contributed by atoms with Crippen LogP contribution >= 0.6 is 0 Å². The normalized spacial score (nSPS) is 23.2. The molecule has 0 saturated heterocycles. The molecule has 134 valence electrons. The summed E-state index contributed by atoms with van der Waals surface area (Å²) in [5.74, 6) is -2.73. The Hall–Kier alpha value is -1.66. The van der Waals surface area contributed by atoms with Crippen molar-refractivity contribution < 1.29 is 18.3 Å². The maximum Gasteiger partial charge on any atom is 0.410 e. The Labute approximate surface area is 141 Å². The third-order valence-electron chi connectivity index (χ3n) is 4.54. The van der Waals surface area contributed by atoms with Gasteiger partial charge in [-0.05, 0) is 33.1 Å². The van der Waals surface area contributed by atoms with E-state index in [1.807, 2.05) is 6.92 Å². The number of alkyl halides is 2. The molecule has 24 heavy (non-hydrogen) atoms. The monoisotopic (exact) mass is 341 g/mol. The molecule has 0 radical (unpaired) electrons. The number of amides is 1. The zero-order valence-electron chi connectivity index (χ0n) is 14.7. The largest absolute Gasteiger partial charge is 0.444 e. The van der Waals surface area contributed by atoms with Crippen LogP contribution < -0.4 is 0 Å². The summed E-state index contributed by atoms with van der Waals surface area (Å²) in [6.07, 6.45) is 0.331. The van der Waals surface area contributed by atoms with Gasteiger partial charge in [-0.15, -0.1) is 0 Å². The van der Waals surface area contributed by atoms with E-state index in [0.29, 0.717) is 37.2 Å². The van der Waals surface area contributed by atoms with Crippen LogP contribution in [0, 0.1) is 5.92 Å². The zero-order chi connectivity index (χ0) is 17.7. The van der Waals surface area contributed by atoms with Gasteiger partial charge in [0.15, 0.2) is 0 Å². The summed E-state index contributed by atoms with van der Waals surface area (Å²) in [6.45, 7) is 8.44. The van der Waals surface area contributed by atoms with Crippen molar-refractivity contribution in [3.05, 3.63) is 17.0 Å². The van der Waals surface area contributed by atoms with E-state index in [9.17, 15) is 13.6 Å². The third kappa shape index (κ3) is 3.26. The Bertz CT molecular complexity index is 649. The van der Waals surface area contributed by atoms with E-state index in [1.165, 1.54) is 9.58 Å². The minimum Gasteiger partial charge on any atom is -0.444 e. The van der Waals surface area contributed by atoms with Gasteiger partial charge in [0.05, 0.1) is 12.2 Å². The highest BCUT2D eigenvalue weighted by molar-refractivity contribution is 5.68. The average molecular weight is 341 g/mol. The van der Waals surface area contributed by atoms with Gasteiger partial charge in [-0.2, -0.15) is 13.9 Å². The van der Waals surface area contributed by atoms with Crippen molar-refractivity contribution in [2.24, 2.45) is 5.92 Å². The first-order valence-corrected chi connectivity index (χ1v) is 8.51. The smallest absolute Gasteiger partial charge is 0.410 e. The number of hydrogen-bond donors (Lipinski definition) is 0. The number of ether oxygens (including phenoxy) is 1. The maximum atomic E-state index is 14.7. The Balaban J connectivity index is 1.90. The van der Waals surface area contributed by atoms with Crippen LogP contribution in [-0.4, -0.2) is 32.9 Å². The summed E-state index contributed by atoms with van der Waals surface area (Å²) in [5, 5.41) is 4.42. The van der Waals surface area contributed by atoms with E-state index >= 15 is 0 Å². The van der Waals surface area contributed by atoms with Crippen molar-refractivity contribution in [1.82, 2.24) is 14.7 Å². The number of aromatic nitrogens is 2. The standard InChI is InChI=1S/C17H25F2N3O2/c1-11-5-7-17(18,19)14-12-10-21(15(23)24-16(2,3)4)8-6-13(12)20-22(14)9-11/h11H,5-10H2,1-4H3/t11-/m1/s1. The van der Waals surface area contributed by atoms with Crippen molar-refractivity contribution in [2.75, 3.05) is 6.54 Å². The third-order valence-corrected chi connectivity index (χ3v) is 4.54. The van der Waals surface area contributed by atoms with E-state index < -0.39 is 17.6 Å². The predicted octanol–water partition coefficient (Wildman–Crippen LogP) is 3.70. The molecule has 0 bridgehead atoms. The van der Waals surface area contributed by atoms with Crippen LogP contribution in [-0.2, 0) is 30.2 Å². The minimum atomic E-state index is -2.90. The lowest BCUT2D eigenvalue weighted by atomic mass is 9.98. The molecule has 1 amide bonds. The van der Waals surface area contributed by atoms with Gasteiger partial charge in [0.1, 0.15) is 11.3 Å². The molecule has 0 unspecified atom stereocenters. The highest BCUT2D eigenvalue weighted by atomic mass is 19.3. The van der Waals surface area contributed by atoms with Crippen LogP contribution in [0.25, 0.3) is 0 Å². The van der Waals surface area contributed by atoms with Gasteiger partial charge < -0.3 is 9.64 Å². The van der Waals surface area contributed by atoms with Crippen molar-refractivity contribution in [2.45, 2.75) is 71.6 Å². The second-order valence-corrected chi connectivity index (χ2v) is 7.96. The molecule has 0 spiro atoms. The van der Waals surface area contributed by atoms with Crippen LogP contribution in [0.2, 0.25) is 0 Å². The minimum absolute atomic E-state index is 0.00453. The Kier molecular flexibility index (Phi) is 4.08. The molecule has 0 N–H and O–H groups in total. The number of halogens is 2. The molecule has 5 nitrogen and oxygen atoms in total. The van der Waals surface area contributed by atoms with Crippen LogP contribution in [0.3, 0.4) is 0 Å². The molecule has 0 saturated carbocycles. The second-order valence-electron chi connectivity index (χ2n) is 7.96. The maximum absolute atomic E-state index is 14.7. The summed E-state index contributed by atoms with van der Waals surface area (Å²) < 4.78 is 36.2. The summed E-state index contributed by atoms with van der Waals surface area (Å²) in [7, 11) is 0. The van der Waals surface area contributed by atoms with Gasteiger partial charge in [-0.25, -0.2) is 4.79 Å². The summed E-state index contributed by atoms with van der Waals surface area (Å²) in [4.78, 5) is 13.8.